The maximum absolute atomic E-state index is 12.1. The molecule has 1 rings (SSSR count). The molecule has 1 aromatic heterocycles. The van der Waals surface area contributed by atoms with Crippen molar-refractivity contribution in [3.05, 3.63) is 11.7 Å². The van der Waals surface area contributed by atoms with Gasteiger partial charge in [0, 0.05) is 18.9 Å². The van der Waals surface area contributed by atoms with Crippen molar-refractivity contribution in [2.45, 2.75) is 58.2 Å². The Labute approximate surface area is 110 Å². The summed E-state index contributed by atoms with van der Waals surface area (Å²) >= 11 is 0. The molecule has 0 bridgehead atoms. The van der Waals surface area contributed by atoms with Gasteiger partial charge in [-0.05, 0) is 19.4 Å². The summed E-state index contributed by atoms with van der Waals surface area (Å²) < 4.78 is 41.1. The zero-order chi connectivity index (χ0) is 14.3. The van der Waals surface area contributed by atoms with Crippen LogP contribution in [0.3, 0.4) is 0 Å². The molecule has 19 heavy (non-hydrogen) atoms. The third-order valence-corrected chi connectivity index (χ3v) is 2.74. The van der Waals surface area contributed by atoms with Crippen LogP contribution in [-0.2, 0) is 12.8 Å². The van der Waals surface area contributed by atoms with Gasteiger partial charge < -0.3 is 9.84 Å². The number of nitrogens with zero attached hydrogens (tertiary/aromatic N) is 2. The summed E-state index contributed by atoms with van der Waals surface area (Å²) in [5, 5.41) is 6.90. The van der Waals surface area contributed by atoms with Crippen LogP contribution < -0.4 is 5.32 Å². The molecule has 0 spiro atoms. The highest BCUT2D eigenvalue weighted by Gasteiger charge is 2.27. The molecule has 7 heteroatoms. The van der Waals surface area contributed by atoms with E-state index < -0.39 is 12.6 Å². The summed E-state index contributed by atoms with van der Waals surface area (Å²) in [5.74, 6) is 0.519. The van der Waals surface area contributed by atoms with Crippen LogP contribution in [0.2, 0.25) is 0 Å². The SMILES string of the molecule is CCCNC(CC)Cc1nc(CCC(F)(F)F)no1. The molecule has 0 fully saturated rings. The van der Waals surface area contributed by atoms with Gasteiger partial charge in [-0.25, -0.2) is 0 Å². The molecule has 0 aromatic carbocycles. The predicted octanol–water partition coefficient (Wildman–Crippen LogP) is 2.89. The van der Waals surface area contributed by atoms with Crippen LogP contribution in [0.1, 0.15) is 44.8 Å². The number of halogens is 3. The lowest BCUT2D eigenvalue weighted by Gasteiger charge is -2.13. The van der Waals surface area contributed by atoms with Crippen molar-refractivity contribution < 1.29 is 17.7 Å². The third kappa shape index (κ3) is 6.56. The lowest BCUT2D eigenvalue weighted by atomic mass is 10.1. The minimum Gasteiger partial charge on any atom is -0.339 e. The highest BCUT2D eigenvalue weighted by molar-refractivity contribution is 4.90. The van der Waals surface area contributed by atoms with E-state index in [0.717, 1.165) is 19.4 Å². The van der Waals surface area contributed by atoms with Crippen LogP contribution >= 0.6 is 0 Å². The molecule has 1 aromatic rings. The van der Waals surface area contributed by atoms with Crippen molar-refractivity contribution in [1.82, 2.24) is 15.5 Å². The fourth-order valence-corrected chi connectivity index (χ4v) is 1.65. The third-order valence-electron chi connectivity index (χ3n) is 2.74. The van der Waals surface area contributed by atoms with E-state index in [9.17, 15) is 13.2 Å². The molecular weight excluding hydrogens is 259 g/mol. The van der Waals surface area contributed by atoms with Gasteiger partial charge in [0.05, 0.1) is 6.42 Å². The van der Waals surface area contributed by atoms with Gasteiger partial charge in [0.15, 0.2) is 5.82 Å². The van der Waals surface area contributed by atoms with Gasteiger partial charge in [-0.15, -0.1) is 0 Å². The Morgan fingerprint density at radius 3 is 2.63 bits per heavy atom. The monoisotopic (exact) mass is 279 g/mol. The smallest absolute Gasteiger partial charge is 0.339 e. The fourth-order valence-electron chi connectivity index (χ4n) is 1.65. The van der Waals surface area contributed by atoms with E-state index in [1.807, 2.05) is 6.92 Å². The number of rotatable bonds is 8. The molecular formula is C12H20F3N3O. The molecule has 0 aliphatic rings. The number of hydrogen-bond acceptors (Lipinski definition) is 4. The molecule has 0 saturated heterocycles. The standard InChI is InChI=1S/C12H20F3N3O/c1-3-7-16-9(4-2)8-11-17-10(18-19-11)5-6-12(13,14)15/h9,16H,3-8H2,1-2H3. The first-order valence-corrected chi connectivity index (χ1v) is 6.56. The molecule has 1 unspecified atom stereocenters. The molecule has 0 amide bonds. The molecule has 1 heterocycles. The van der Waals surface area contributed by atoms with Crippen LogP contribution in [0.5, 0.6) is 0 Å². The number of alkyl halides is 3. The summed E-state index contributed by atoms with van der Waals surface area (Å²) in [6, 6.07) is 0.218. The highest BCUT2D eigenvalue weighted by atomic mass is 19.4. The summed E-state index contributed by atoms with van der Waals surface area (Å²) in [7, 11) is 0. The normalized spacial score (nSPS) is 13.7. The van der Waals surface area contributed by atoms with Crippen molar-refractivity contribution in [1.29, 1.82) is 0 Å². The van der Waals surface area contributed by atoms with E-state index in [1.54, 1.807) is 0 Å². The number of aryl methyl sites for hydroxylation is 1. The Bertz CT molecular complexity index is 365. The first kappa shape index (κ1) is 15.9. The Morgan fingerprint density at radius 2 is 2.05 bits per heavy atom. The van der Waals surface area contributed by atoms with Crippen LogP contribution in [0.4, 0.5) is 13.2 Å². The number of hydrogen-bond donors (Lipinski definition) is 1. The molecule has 0 radical (unpaired) electrons. The lowest BCUT2D eigenvalue weighted by molar-refractivity contribution is -0.134. The summed E-state index contributed by atoms with van der Waals surface area (Å²) in [4.78, 5) is 3.99. The summed E-state index contributed by atoms with van der Waals surface area (Å²) in [6.07, 6.45) is -2.86. The largest absolute Gasteiger partial charge is 0.389 e. The van der Waals surface area contributed by atoms with Crippen molar-refractivity contribution in [3.63, 3.8) is 0 Å². The van der Waals surface area contributed by atoms with E-state index in [4.69, 9.17) is 4.52 Å². The highest BCUT2D eigenvalue weighted by Crippen LogP contribution is 2.21. The van der Waals surface area contributed by atoms with Crippen LogP contribution in [-0.4, -0.2) is 28.9 Å². The van der Waals surface area contributed by atoms with Crippen LogP contribution in [0, 0.1) is 0 Å². The van der Waals surface area contributed by atoms with Crippen LogP contribution in [0.25, 0.3) is 0 Å². The Morgan fingerprint density at radius 1 is 1.32 bits per heavy atom. The molecule has 4 nitrogen and oxygen atoms in total. The molecule has 1 atom stereocenters. The van der Waals surface area contributed by atoms with Gasteiger partial charge >= 0.3 is 6.18 Å². The maximum atomic E-state index is 12.1. The van der Waals surface area contributed by atoms with Gasteiger partial charge in [-0.1, -0.05) is 19.0 Å². The molecule has 1 N–H and O–H groups in total. The van der Waals surface area contributed by atoms with Crippen molar-refractivity contribution in [2.75, 3.05) is 6.54 Å². The second kappa shape index (κ2) is 7.47. The van der Waals surface area contributed by atoms with Gasteiger partial charge in [0.1, 0.15) is 0 Å². The summed E-state index contributed by atoms with van der Waals surface area (Å²) in [5.41, 5.74) is 0. The van der Waals surface area contributed by atoms with E-state index in [0.29, 0.717) is 12.3 Å². The first-order valence-electron chi connectivity index (χ1n) is 6.56. The Kier molecular flexibility index (Phi) is 6.27. The van der Waals surface area contributed by atoms with Gasteiger partial charge in [-0.3, -0.25) is 0 Å². The van der Waals surface area contributed by atoms with E-state index >= 15 is 0 Å². The number of aromatic nitrogens is 2. The zero-order valence-corrected chi connectivity index (χ0v) is 11.3. The molecule has 0 saturated carbocycles. The molecule has 0 aliphatic heterocycles. The van der Waals surface area contributed by atoms with Crippen LogP contribution in [0.15, 0.2) is 4.52 Å². The minimum atomic E-state index is -4.19. The molecule has 0 aliphatic carbocycles. The quantitative estimate of drug-likeness (QED) is 0.795. The second-order valence-electron chi connectivity index (χ2n) is 4.48. The Balaban J connectivity index is 2.45. The first-order chi connectivity index (χ1) is 8.94. The van der Waals surface area contributed by atoms with E-state index in [1.165, 1.54) is 0 Å². The second-order valence-corrected chi connectivity index (χ2v) is 4.48. The Hall–Kier alpha value is -1.11. The maximum Gasteiger partial charge on any atom is 0.389 e. The van der Waals surface area contributed by atoms with Crippen molar-refractivity contribution in [3.8, 4) is 0 Å². The minimum absolute atomic E-state index is 0.123. The van der Waals surface area contributed by atoms with Gasteiger partial charge in [-0.2, -0.15) is 18.2 Å². The fraction of sp³-hybridized carbons (Fsp3) is 0.833. The molecule has 110 valence electrons. The van der Waals surface area contributed by atoms with Gasteiger partial charge in [0.2, 0.25) is 5.89 Å². The summed E-state index contributed by atoms with van der Waals surface area (Å²) in [6.45, 7) is 5.00. The van der Waals surface area contributed by atoms with Crippen molar-refractivity contribution >= 4 is 0 Å². The topological polar surface area (TPSA) is 51.0 Å². The lowest BCUT2D eigenvalue weighted by Crippen LogP contribution is -2.31. The zero-order valence-electron chi connectivity index (χ0n) is 11.3. The van der Waals surface area contributed by atoms with E-state index in [2.05, 4.69) is 22.4 Å². The van der Waals surface area contributed by atoms with E-state index in [-0.39, 0.29) is 18.3 Å². The predicted molar refractivity (Wildman–Crippen MR) is 64.8 cm³/mol. The average molecular weight is 279 g/mol. The number of nitrogens with one attached hydrogen (secondary N) is 1. The van der Waals surface area contributed by atoms with Gasteiger partial charge in [0.25, 0.3) is 0 Å². The van der Waals surface area contributed by atoms with Crippen molar-refractivity contribution in [2.24, 2.45) is 0 Å². The average Bonchev–Trinajstić information content (AvgIpc) is 2.79.